The van der Waals surface area contributed by atoms with Crippen LogP contribution in [-0.2, 0) is 6.42 Å². The summed E-state index contributed by atoms with van der Waals surface area (Å²) in [6, 6.07) is 2.20. The molecular formula is C10H15N. The zero-order valence-corrected chi connectivity index (χ0v) is 7.22. The molecule has 0 amide bonds. The molecule has 0 aliphatic rings. The lowest BCUT2D eigenvalue weighted by atomic mass is 10.2. The van der Waals surface area contributed by atoms with Gasteiger partial charge in [0, 0.05) is 11.9 Å². The lowest BCUT2D eigenvalue weighted by Crippen LogP contribution is -1.74. The molecule has 1 aromatic rings. The molecule has 1 N–H and O–H groups in total. The summed E-state index contributed by atoms with van der Waals surface area (Å²) in [5.41, 5.74) is 2.61. The molecule has 0 aromatic carbocycles. The molecule has 0 bridgehead atoms. The van der Waals surface area contributed by atoms with Gasteiger partial charge in [-0.25, -0.2) is 0 Å². The molecule has 0 atom stereocenters. The van der Waals surface area contributed by atoms with Crippen molar-refractivity contribution in [3.05, 3.63) is 29.6 Å². The monoisotopic (exact) mass is 149 g/mol. The Labute approximate surface area is 68.1 Å². The summed E-state index contributed by atoms with van der Waals surface area (Å²) in [7, 11) is 0. The Morgan fingerprint density at radius 3 is 3.00 bits per heavy atom. The third kappa shape index (κ3) is 2.26. The average Bonchev–Trinajstić information content (AvgIpc) is 2.38. The van der Waals surface area contributed by atoms with Crippen molar-refractivity contribution in [3.8, 4) is 0 Å². The summed E-state index contributed by atoms with van der Waals surface area (Å²) in [5, 5.41) is 0. The molecule has 1 heterocycles. The zero-order chi connectivity index (χ0) is 8.10. The van der Waals surface area contributed by atoms with Gasteiger partial charge in [-0.1, -0.05) is 19.4 Å². The highest BCUT2D eigenvalue weighted by atomic mass is 14.7. The van der Waals surface area contributed by atoms with Gasteiger partial charge in [-0.2, -0.15) is 0 Å². The SMILES string of the molecule is C/C=C/c1cc(CCC)c[nH]1. The first-order chi connectivity index (χ1) is 5.36. The van der Waals surface area contributed by atoms with Gasteiger partial charge in [-0.05, 0) is 31.1 Å². The van der Waals surface area contributed by atoms with Crippen LogP contribution in [0.1, 0.15) is 31.5 Å². The van der Waals surface area contributed by atoms with Crippen molar-refractivity contribution in [2.45, 2.75) is 26.7 Å². The fourth-order valence-corrected chi connectivity index (χ4v) is 1.17. The van der Waals surface area contributed by atoms with Gasteiger partial charge in [0.1, 0.15) is 0 Å². The predicted octanol–water partition coefficient (Wildman–Crippen LogP) is 3.00. The number of aryl methyl sites for hydroxylation is 1. The number of hydrogen-bond donors (Lipinski definition) is 1. The number of aromatic amines is 1. The Morgan fingerprint density at radius 1 is 1.55 bits per heavy atom. The Hall–Kier alpha value is -0.980. The van der Waals surface area contributed by atoms with Crippen molar-refractivity contribution in [3.63, 3.8) is 0 Å². The quantitative estimate of drug-likeness (QED) is 0.680. The van der Waals surface area contributed by atoms with E-state index >= 15 is 0 Å². The van der Waals surface area contributed by atoms with Crippen LogP contribution in [0.3, 0.4) is 0 Å². The van der Waals surface area contributed by atoms with Crippen LogP contribution in [0.15, 0.2) is 18.3 Å². The second kappa shape index (κ2) is 4.02. The van der Waals surface area contributed by atoms with E-state index in [1.165, 1.54) is 24.1 Å². The van der Waals surface area contributed by atoms with E-state index in [0.717, 1.165) is 0 Å². The van der Waals surface area contributed by atoms with E-state index in [-0.39, 0.29) is 0 Å². The highest BCUT2D eigenvalue weighted by Gasteiger charge is 1.93. The Morgan fingerprint density at radius 2 is 2.36 bits per heavy atom. The van der Waals surface area contributed by atoms with Gasteiger partial charge in [-0.15, -0.1) is 0 Å². The smallest absolute Gasteiger partial charge is 0.0379 e. The fourth-order valence-electron chi connectivity index (χ4n) is 1.17. The van der Waals surface area contributed by atoms with Gasteiger partial charge in [0.15, 0.2) is 0 Å². The Kier molecular flexibility index (Phi) is 2.96. The third-order valence-electron chi connectivity index (χ3n) is 1.65. The van der Waals surface area contributed by atoms with Crippen molar-refractivity contribution in [2.24, 2.45) is 0 Å². The minimum Gasteiger partial charge on any atom is -0.361 e. The number of H-pyrrole nitrogens is 1. The highest BCUT2D eigenvalue weighted by molar-refractivity contribution is 5.45. The number of aromatic nitrogens is 1. The third-order valence-corrected chi connectivity index (χ3v) is 1.65. The molecule has 0 aliphatic carbocycles. The topological polar surface area (TPSA) is 15.8 Å². The zero-order valence-electron chi connectivity index (χ0n) is 7.22. The first-order valence-electron chi connectivity index (χ1n) is 4.16. The highest BCUT2D eigenvalue weighted by Crippen LogP contribution is 2.06. The molecular weight excluding hydrogens is 134 g/mol. The minimum absolute atomic E-state index is 1.17. The summed E-state index contributed by atoms with van der Waals surface area (Å²) in [6.07, 6.45) is 8.60. The standard InChI is InChI=1S/C10H15N/c1-3-5-9-7-10(6-4-2)11-8-9/h4,6-8,11H,3,5H2,1-2H3/b6-4+. The van der Waals surface area contributed by atoms with Crippen LogP contribution in [0.4, 0.5) is 0 Å². The minimum atomic E-state index is 1.17. The number of nitrogens with one attached hydrogen (secondary N) is 1. The summed E-state index contributed by atoms with van der Waals surface area (Å²) in [5.74, 6) is 0. The van der Waals surface area contributed by atoms with Gasteiger partial charge in [0.2, 0.25) is 0 Å². The number of hydrogen-bond acceptors (Lipinski definition) is 0. The maximum Gasteiger partial charge on any atom is 0.0379 e. The van der Waals surface area contributed by atoms with Crippen molar-refractivity contribution in [2.75, 3.05) is 0 Å². The van der Waals surface area contributed by atoms with Gasteiger partial charge in [0.05, 0.1) is 0 Å². The number of allylic oxidation sites excluding steroid dienone is 1. The molecule has 1 nitrogen and oxygen atoms in total. The molecule has 11 heavy (non-hydrogen) atoms. The van der Waals surface area contributed by atoms with E-state index < -0.39 is 0 Å². The van der Waals surface area contributed by atoms with E-state index in [1.54, 1.807) is 0 Å². The molecule has 0 spiro atoms. The normalized spacial score (nSPS) is 11.1. The van der Waals surface area contributed by atoms with Crippen molar-refractivity contribution in [1.29, 1.82) is 0 Å². The first kappa shape index (κ1) is 8.12. The second-order valence-electron chi connectivity index (χ2n) is 2.71. The Bertz CT molecular complexity index is 233. The van der Waals surface area contributed by atoms with Crippen molar-refractivity contribution >= 4 is 6.08 Å². The van der Waals surface area contributed by atoms with E-state index in [4.69, 9.17) is 0 Å². The van der Waals surface area contributed by atoms with Crippen molar-refractivity contribution < 1.29 is 0 Å². The Balaban J connectivity index is 2.65. The van der Waals surface area contributed by atoms with E-state index in [1.807, 2.05) is 13.0 Å². The van der Waals surface area contributed by atoms with Gasteiger partial charge in [0.25, 0.3) is 0 Å². The second-order valence-corrected chi connectivity index (χ2v) is 2.71. The van der Waals surface area contributed by atoms with E-state index in [2.05, 4.69) is 30.2 Å². The lowest BCUT2D eigenvalue weighted by Gasteiger charge is -1.86. The molecule has 60 valence electrons. The maximum absolute atomic E-state index is 3.20. The van der Waals surface area contributed by atoms with Crippen LogP contribution in [-0.4, -0.2) is 4.98 Å². The molecule has 0 fully saturated rings. The van der Waals surface area contributed by atoms with Crippen LogP contribution in [0.5, 0.6) is 0 Å². The van der Waals surface area contributed by atoms with Gasteiger partial charge < -0.3 is 4.98 Å². The van der Waals surface area contributed by atoms with E-state index in [9.17, 15) is 0 Å². The van der Waals surface area contributed by atoms with Crippen LogP contribution >= 0.6 is 0 Å². The predicted molar refractivity (Wildman–Crippen MR) is 49.5 cm³/mol. The fraction of sp³-hybridized carbons (Fsp3) is 0.400. The van der Waals surface area contributed by atoms with Crippen molar-refractivity contribution in [1.82, 2.24) is 4.98 Å². The molecule has 1 aromatic heterocycles. The van der Waals surface area contributed by atoms with Crippen LogP contribution in [0, 0.1) is 0 Å². The molecule has 0 saturated carbocycles. The molecule has 1 rings (SSSR count). The van der Waals surface area contributed by atoms with Gasteiger partial charge >= 0.3 is 0 Å². The molecule has 0 saturated heterocycles. The van der Waals surface area contributed by atoms with E-state index in [0.29, 0.717) is 0 Å². The average molecular weight is 149 g/mol. The summed E-state index contributed by atoms with van der Waals surface area (Å²) >= 11 is 0. The van der Waals surface area contributed by atoms with Crippen LogP contribution in [0.2, 0.25) is 0 Å². The summed E-state index contributed by atoms with van der Waals surface area (Å²) in [6.45, 7) is 4.22. The maximum atomic E-state index is 3.20. The summed E-state index contributed by atoms with van der Waals surface area (Å²) in [4.78, 5) is 3.20. The van der Waals surface area contributed by atoms with Crippen LogP contribution < -0.4 is 0 Å². The number of rotatable bonds is 3. The summed E-state index contributed by atoms with van der Waals surface area (Å²) < 4.78 is 0. The molecule has 1 heteroatoms. The molecule has 0 unspecified atom stereocenters. The van der Waals surface area contributed by atoms with Gasteiger partial charge in [-0.3, -0.25) is 0 Å². The van der Waals surface area contributed by atoms with Crippen LogP contribution in [0.25, 0.3) is 6.08 Å². The lowest BCUT2D eigenvalue weighted by molar-refractivity contribution is 0.923. The first-order valence-corrected chi connectivity index (χ1v) is 4.16. The molecule has 0 aliphatic heterocycles. The largest absolute Gasteiger partial charge is 0.361 e. The molecule has 0 radical (unpaired) electrons.